The van der Waals surface area contributed by atoms with Crippen molar-refractivity contribution in [2.45, 2.75) is 45.1 Å². The van der Waals surface area contributed by atoms with Crippen molar-refractivity contribution in [2.75, 3.05) is 6.54 Å². The van der Waals surface area contributed by atoms with Gasteiger partial charge in [-0.2, -0.15) is 0 Å². The van der Waals surface area contributed by atoms with Crippen molar-refractivity contribution in [3.63, 3.8) is 0 Å². The van der Waals surface area contributed by atoms with Gasteiger partial charge in [0, 0.05) is 25.4 Å². The number of carboxylic acids is 1. The van der Waals surface area contributed by atoms with E-state index in [-0.39, 0.29) is 37.2 Å². The van der Waals surface area contributed by atoms with Crippen molar-refractivity contribution in [2.24, 2.45) is 0 Å². The van der Waals surface area contributed by atoms with E-state index in [4.69, 9.17) is 0 Å². The van der Waals surface area contributed by atoms with E-state index in [1.807, 2.05) is 13.8 Å². The van der Waals surface area contributed by atoms with Gasteiger partial charge in [-0.1, -0.05) is 12.1 Å². The molecular formula is C17H23FN2O4. The fourth-order valence-electron chi connectivity index (χ4n) is 2.15. The van der Waals surface area contributed by atoms with Crippen LogP contribution < -0.4 is 10.6 Å². The van der Waals surface area contributed by atoms with Crippen molar-refractivity contribution in [3.8, 4) is 0 Å². The predicted molar refractivity (Wildman–Crippen MR) is 86.9 cm³/mol. The maximum Gasteiger partial charge on any atom is 0.312 e. The predicted octanol–water partition coefficient (Wildman–Crippen LogP) is 1.81. The van der Waals surface area contributed by atoms with E-state index in [1.54, 1.807) is 0 Å². The highest BCUT2D eigenvalue weighted by Gasteiger charge is 2.20. The first kappa shape index (κ1) is 19.6. The second-order valence-electron chi connectivity index (χ2n) is 5.82. The lowest BCUT2D eigenvalue weighted by Crippen LogP contribution is -2.32. The molecule has 3 N–H and O–H groups in total. The molecule has 132 valence electrons. The van der Waals surface area contributed by atoms with Crippen LogP contribution in [-0.4, -0.2) is 35.5 Å². The van der Waals surface area contributed by atoms with Crippen molar-refractivity contribution in [1.29, 1.82) is 0 Å². The minimum atomic E-state index is -1.10. The summed E-state index contributed by atoms with van der Waals surface area (Å²) in [5.74, 6) is -2.93. The maximum atomic E-state index is 12.9. The minimum Gasteiger partial charge on any atom is -0.481 e. The third-order valence-corrected chi connectivity index (χ3v) is 3.33. The molecule has 0 saturated carbocycles. The van der Waals surface area contributed by atoms with E-state index in [9.17, 15) is 23.9 Å². The van der Waals surface area contributed by atoms with Crippen LogP contribution in [0.3, 0.4) is 0 Å². The van der Waals surface area contributed by atoms with Gasteiger partial charge < -0.3 is 15.7 Å². The van der Waals surface area contributed by atoms with Gasteiger partial charge >= 0.3 is 5.97 Å². The molecule has 0 aliphatic carbocycles. The molecule has 0 radical (unpaired) electrons. The number of rotatable bonds is 9. The second kappa shape index (κ2) is 9.64. The van der Waals surface area contributed by atoms with Crippen LogP contribution in [0.2, 0.25) is 0 Å². The molecule has 1 aromatic carbocycles. The minimum absolute atomic E-state index is 0.0540. The number of benzene rings is 1. The Morgan fingerprint density at radius 2 is 1.67 bits per heavy atom. The van der Waals surface area contributed by atoms with Gasteiger partial charge in [0.15, 0.2) is 0 Å². The van der Waals surface area contributed by atoms with Crippen molar-refractivity contribution >= 4 is 17.8 Å². The van der Waals surface area contributed by atoms with E-state index >= 15 is 0 Å². The molecule has 0 aromatic heterocycles. The standard InChI is InChI=1S/C17H23FN2O4/c1-11(2)20-16(22)5-3-4-15(21)19-10-14(17(23)24)12-6-8-13(18)9-7-12/h6-9,11,14H,3-5,10H2,1-2H3,(H,19,21)(H,20,22)(H,23,24). The molecule has 0 saturated heterocycles. The van der Waals surface area contributed by atoms with Crippen molar-refractivity contribution in [3.05, 3.63) is 35.6 Å². The summed E-state index contributed by atoms with van der Waals surface area (Å²) in [6.07, 6.45) is 0.770. The molecule has 6 nitrogen and oxygen atoms in total. The number of hydrogen-bond donors (Lipinski definition) is 3. The highest BCUT2D eigenvalue weighted by Crippen LogP contribution is 2.16. The van der Waals surface area contributed by atoms with E-state index in [0.717, 1.165) is 0 Å². The summed E-state index contributed by atoms with van der Waals surface area (Å²) in [4.78, 5) is 34.5. The zero-order chi connectivity index (χ0) is 18.1. The second-order valence-corrected chi connectivity index (χ2v) is 5.82. The molecule has 0 bridgehead atoms. The van der Waals surface area contributed by atoms with E-state index in [0.29, 0.717) is 12.0 Å². The smallest absolute Gasteiger partial charge is 0.312 e. The van der Waals surface area contributed by atoms with E-state index < -0.39 is 17.7 Å². The number of halogens is 1. The molecule has 24 heavy (non-hydrogen) atoms. The number of hydrogen-bond acceptors (Lipinski definition) is 3. The Labute approximate surface area is 140 Å². The fraction of sp³-hybridized carbons (Fsp3) is 0.471. The Balaban J connectivity index is 2.41. The molecule has 1 unspecified atom stereocenters. The molecule has 1 aromatic rings. The van der Waals surface area contributed by atoms with Gasteiger partial charge in [-0.15, -0.1) is 0 Å². The average molecular weight is 338 g/mol. The van der Waals surface area contributed by atoms with E-state index in [2.05, 4.69) is 10.6 Å². The zero-order valence-corrected chi connectivity index (χ0v) is 13.8. The molecule has 0 fully saturated rings. The van der Waals surface area contributed by atoms with Gasteiger partial charge in [0.2, 0.25) is 11.8 Å². The first-order chi connectivity index (χ1) is 11.3. The van der Waals surface area contributed by atoms with Crippen LogP contribution in [0, 0.1) is 5.82 Å². The highest BCUT2D eigenvalue weighted by atomic mass is 19.1. The van der Waals surface area contributed by atoms with Gasteiger partial charge in [-0.3, -0.25) is 14.4 Å². The summed E-state index contributed by atoms with van der Waals surface area (Å²) >= 11 is 0. The summed E-state index contributed by atoms with van der Waals surface area (Å²) in [5, 5.41) is 14.5. The Morgan fingerprint density at radius 1 is 1.08 bits per heavy atom. The Morgan fingerprint density at radius 3 is 2.21 bits per heavy atom. The van der Waals surface area contributed by atoms with Crippen LogP contribution in [0.1, 0.15) is 44.6 Å². The SMILES string of the molecule is CC(C)NC(=O)CCCC(=O)NCC(C(=O)O)c1ccc(F)cc1. The van der Waals surface area contributed by atoms with Gasteiger partial charge in [0.05, 0.1) is 5.92 Å². The van der Waals surface area contributed by atoms with Gasteiger partial charge in [0.25, 0.3) is 0 Å². The maximum absolute atomic E-state index is 12.9. The molecule has 1 atom stereocenters. The number of aliphatic carboxylic acids is 1. The van der Waals surface area contributed by atoms with Crippen molar-refractivity contribution < 1.29 is 23.9 Å². The van der Waals surface area contributed by atoms with Gasteiger partial charge in [-0.05, 0) is 38.0 Å². The lowest BCUT2D eigenvalue weighted by Gasteiger charge is -2.14. The average Bonchev–Trinajstić information content (AvgIpc) is 2.48. The van der Waals surface area contributed by atoms with Crippen LogP contribution in [0.4, 0.5) is 4.39 Å². The van der Waals surface area contributed by atoms with Crippen LogP contribution in [0.15, 0.2) is 24.3 Å². The Kier molecular flexibility index (Phi) is 7.88. The monoisotopic (exact) mass is 338 g/mol. The largest absolute Gasteiger partial charge is 0.481 e. The molecule has 2 amide bonds. The Bertz CT molecular complexity index is 572. The summed E-state index contributed by atoms with van der Waals surface area (Å²) in [5.41, 5.74) is 0.417. The number of carboxylic acid groups (broad SMARTS) is 1. The summed E-state index contributed by atoms with van der Waals surface area (Å²) < 4.78 is 12.9. The van der Waals surface area contributed by atoms with Crippen LogP contribution in [-0.2, 0) is 14.4 Å². The lowest BCUT2D eigenvalue weighted by molar-refractivity contribution is -0.138. The number of carbonyl (C=O) groups is 3. The molecule has 0 aliphatic rings. The van der Waals surface area contributed by atoms with Crippen LogP contribution in [0.25, 0.3) is 0 Å². The lowest BCUT2D eigenvalue weighted by atomic mass is 9.99. The molecule has 0 spiro atoms. The van der Waals surface area contributed by atoms with E-state index in [1.165, 1.54) is 24.3 Å². The normalized spacial score (nSPS) is 11.8. The fourth-order valence-corrected chi connectivity index (χ4v) is 2.15. The summed E-state index contributed by atoms with van der Waals surface area (Å²) in [6.45, 7) is 3.62. The zero-order valence-electron chi connectivity index (χ0n) is 13.8. The topological polar surface area (TPSA) is 95.5 Å². The number of carbonyl (C=O) groups excluding carboxylic acids is 2. The first-order valence-corrected chi connectivity index (χ1v) is 7.84. The number of amides is 2. The van der Waals surface area contributed by atoms with Gasteiger partial charge in [0.1, 0.15) is 5.82 Å². The first-order valence-electron chi connectivity index (χ1n) is 7.84. The molecule has 0 heterocycles. The van der Waals surface area contributed by atoms with Crippen LogP contribution >= 0.6 is 0 Å². The third-order valence-electron chi connectivity index (χ3n) is 3.33. The molecule has 1 rings (SSSR count). The van der Waals surface area contributed by atoms with Crippen molar-refractivity contribution in [1.82, 2.24) is 10.6 Å². The molecule has 0 aliphatic heterocycles. The highest BCUT2D eigenvalue weighted by molar-refractivity contribution is 5.80. The third kappa shape index (κ3) is 7.21. The summed E-state index contributed by atoms with van der Waals surface area (Å²) in [7, 11) is 0. The number of nitrogens with one attached hydrogen (secondary N) is 2. The molecular weight excluding hydrogens is 315 g/mol. The quantitative estimate of drug-likeness (QED) is 0.640. The molecule has 7 heteroatoms. The summed E-state index contributed by atoms with van der Waals surface area (Å²) in [6, 6.07) is 5.19. The van der Waals surface area contributed by atoms with Crippen LogP contribution in [0.5, 0.6) is 0 Å². The Hall–Kier alpha value is -2.44. The van der Waals surface area contributed by atoms with Gasteiger partial charge in [-0.25, -0.2) is 4.39 Å².